The normalized spacial score (nSPS) is 13.7. The summed E-state index contributed by atoms with van der Waals surface area (Å²) in [5.74, 6) is -0.0565. The Morgan fingerprint density at radius 3 is 2.31 bits per heavy atom. The van der Waals surface area contributed by atoms with Crippen molar-refractivity contribution in [1.29, 1.82) is 0 Å². The van der Waals surface area contributed by atoms with Gasteiger partial charge in [0.05, 0.1) is 12.8 Å². The Hall–Kier alpha value is -3.51. The van der Waals surface area contributed by atoms with Crippen LogP contribution in [0.1, 0.15) is 18.1 Å². The van der Waals surface area contributed by atoms with Crippen molar-refractivity contribution in [3.05, 3.63) is 94.5 Å². The first-order valence-corrected chi connectivity index (χ1v) is 11.2. The van der Waals surface area contributed by atoms with E-state index < -0.39 is 0 Å². The van der Waals surface area contributed by atoms with E-state index in [9.17, 15) is 9.59 Å². The van der Waals surface area contributed by atoms with Crippen molar-refractivity contribution < 1.29 is 14.3 Å². The summed E-state index contributed by atoms with van der Waals surface area (Å²) in [7, 11) is 1.59. The maximum atomic E-state index is 13.4. The number of methoxy groups -OCH3 is 1. The number of carbonyl (C=O) groups excluding carboxylic acids is 2. The molecule has 1 N–H and O–H groups in total. The Kier molecular flexibility index (Phi) is 6.32. The van der Waals surface area contributed by atoms with Gasteiger partial charge in [0.2, 0.25) is 0 Å². The van der Waals surface area contributed by atoms with Crippen LogP contribution in [0.4, 0.5) is 11.4 Å². The molecule has 5 nitrogen and oxygen atoms in total. The predicted octanol–water partition coefficient (Wildman–Crippen LogP) is 5.56. The highest BCUT2D eigenvalue weighted by Gasteiger charge is 2.40. The van der Waals surface area contributed by atoms with Crippen molar-refractivity contribution in [2.45, 2.75) is 25.2 Å². The Labute approximate surface area is 192 Å². The highest BCUT2D eigenvalue weighted by atomic mass is 32.2. The Bertz CT molecular complexity index is 1180. The van der Waals surface area contributed by atoms with Crippen LogP contribution < -0.4 is 15.0 Å². The fourth-order valence-corrected chi connectivity index (χ4v) is 4.33. The Morgan fingerprint density at radius 2 is 1.66 bits per heavy atom. The molecule has 0 spiro atoms. The summed E-state index contributed by atoms with van der Waals surface area (Å²) < 4.78 is 5.29. The van der Waals surface area contributed by atoms with Gasteiger partial charge in [-0.25, -0.2) is 4.90 Å². The molecule has 0 saturated heterocycles. The molecule has 0 saturated carbocycles. The van der Waals surface area contributed by atoms with Gasteiger partial charge in [0.25, 0.3) is 11.8 Å². The lowest BCUT2D eigenvalue weighted by Crippen LogP contribution is -2.32. The van der Waals surface area contributed by atoms with Gasteiger partial charge in [-0.1, -0.05) is 54.6 Å². The van der Waals surface area contributed by atoms with E-state index in [0.717, 1.165) is 22.4 Å². The van der Waals surface area contributed by atoms with Crippen LogP contribution in [-0.4, -0.2) is 18.9 Å². The molecule has 1 heterocycles. The summed E-state index contributed by atoms with van der Waals surface area (Å²) in [6, 6.07) is 22.7. The van der Waals surface area contributed by atoms with Crippen molar-refractivity contribution >= 4 is 35.0 Å². The monoisotopic (exact) mass is 444 g/mol. The molecule has 0 aliphatic carbocycles. The molecule has 0 bridgehead atoms. The molecule has 162 valence electrons. The largest absolute Gasteiger partial charge is 0.497 e. The molecule has 0 aromatic heterocycles. The minimum atomic E-state index is -0.378. The van der Waals surface area contributed by atoms with Gasteiger partial charge >= 0.3 is 0 Å². The fourth-order valence-electron chi connectivity index (χ4n) is 3.40. The molecule has 3 aromatic carbocycles. The van der Waals surface area contributed by atoms with Gasteiger partial charge in [-0.05, 0) is 55.3 Å². The summed E-state index contributed by atoms with van der Waals surface area (Å²) in [6.45, 7) is 4.07. The zero-order chi connectivity index (χ0) is 22.7. The molecule has 0 atom stereocenters. The molecular weight excluding hydrogens is 420 g/mol. The highest BCUT2D eigenvalue weighted by molar-refractivity contribution is 8.04. The number of anilines is 2. The number of thioether (sulfide) groups is 1. The third kappa shape index (κ3) is 4.41. The smallest absolute Gasteiger partial charge is 0.283 e. The van der Waals surface area contributed by atoms with E-state index in [4.69, 9.17) is 4.74 Å². The van der Waals surface area contributed by atoms with Crippen LogP contribution in [-0.2, 0) is 16.0 Å². The lowest BCUT2D eigenvalue weighted by Gasteiger charge is -2.16. The molecule has 0 fully saturated rings. The van der Waals surface area contributed by atoms with Crippen molar-refractivity contribution in [3.63, 3.8) is 0 Å². The lowest BCUT2D eigenvalue weighted by molar-refractivity contribution is -0.120. The van der Waals surface area contributed by atoms with Crippen LogP contribution in [0.2, 0.25) is 0 Å². The van der Waals surface area contributed by atoms with E-state index in [-0.39, 0.29) is 17.5 Å². The highest BCUT2D eigenvalue weighted by Crippen LogP contribution is 2.38. The molecule has 6 heteroatoms. The number of carbonyl (C=O) groups is 2. The first-order valence-electron chi connectivity index (χ1n) is 10.4. The quantitative estimate of drug-likeness (QED) is 0.484. The molecule has 1 aliphatic rings. The second kappa shape index (κ2) is 9.32. The van der Waals surface area contributed by atoms with Gasteiger partial charge in [-0.15, -0.1) is 0 Å². The average Bonchev–Trinajstić information content (AvgIpc) is 3.04. The van der Waals surface area contributed by atoms with Crippen molar-refractivity contribution in [2.24, 2.45) is 0 Å². The third-order valence-electron chi connectivity index (χ3n) is 5.22. The van der Waals surface area contributed by atoms with E-state index >= 15 is 0 Å². The number of nitrogens with one attached hydrogen (secondary N) is 1. The summed E-state index contributed by atoms with van der Waals surface area (Å²) in [4.78, 5) is 29.3. The van der Waals surface area contributed by atoms with E-state index in [1.54, 1.807) is 13.2 Å². The lowest BCUT2D eigenvalue weighted by atomic mass is 10.1. The molecule has 0 radical (unpaired) electrons. The Morgan fingerprint density at radius 1 is 0.938 bits per heavy atom. The minimum Gasteiger partial charge on any atom is -0.497 e. The Balaban J connectivity index is 1.72. The molecular formula is C26H24N2O3S. The van der Waals surface area contributed by atoms with Crippen LogP contribution in [0.5, 0.6) is 5.75 Å². The van der Waals surface area contributed by atoms with Gasteiger partial charge in [0.15, 0.2) is 0 Å². The minimum absolute atomic E-state index is 0.258. The molecule has 2 amide bonds. The molecule has 32 heavy (non-hydrogen) atoms. The van der Waals surface area contributed by atoms with Crippen molar-refractivity contribution in [1.82, 2.24) is 0 Å². The summed E-state index contributed by atoms with van der Waals surface area (Å²) in [6.07, 6.45) is 0.887. The number of ether oxygens (including phenoxy) is 1. The van der Waals surface area contributed by atoms with Gasteiger partial charge in [-0.2, -0.15) is 0 Å². The summed E-state index contributed by atoms with van der Waals surface area (Å²) in [5, 5.41) is 3.17. The molecule has 3 aromatic rings. The first-order chi connectivity index (χ1) is 15.5. The van der Waals surface area contributed by atoms with Crippen molar-refractivity contribution in [2.75, 3.05) is 17.3 Å². The van der Waals surface area contributed by atoms with E-state index in [2.05, 4.69) is 12.2 Å². The molecule has 1 aliphatic heterocycles. The third-order valence-corrected chi connectivity index (χ3v) is 6.31. The van der Waals surface area contributed by atoms with E-state index in [0.29, 0.717) is 22.0 Å². The standard InChI is InChI=1S/C26H24N2O3S/c1-4-18-10-12-20(13-11-18)28-25(29)23(27-19-6-5-7-21(16-19)31-3)24(26(28)30)32-22-14-8-17(2)9-15-22/h5-16,27H,4H2,1-3H3. The van der Waals surface area contributed by atoms with E-state index in [1.807, 2.05) is 73.7 Å². The SMILES string of the molecule is CCc1ccc(N2C(=O)C(Nc3cccc(OC)c3)=C(Sc3ccc(C)cc3)C2=O)cc1. The number of rotatable bonds is 7. The van der Waals surface area contributed by atoms with Crippen LogP contribution in [0, 0.1) is 6.92 Å². The van der Waals surface area contributed by atoms with Crippen molar-refractivity contribution in [3.8, 4) is 5.75 Å². The maximum absolute atomic E-state index is 13.4. The molecule has 0 unspecified atom stereocenters. The van der Waals surface area contributed by atoms with E-state index in [1.165, 1.54) is 16.7 Å². The van der Waals surface area contributed by atoms with Crippen LogP contribution in [0.3, 0.4) is 0 Å². The average molecular weight is 445 g/mol. The van der Waals surface area contributed by atoms with Crippen LogP contribution in [0.25, 0.3) is 0 Å². The zero-order valence-electron chi connectivity index (χ0n) is 18.2. The maximum Gasteiger partial charge on any atom is 0.283 e. The zero-order valence-corrected chi connectivity index (χ0v) is 19.0. The number of nitrogens with zero attached hydrogens (tertiary/aromatic N) is 1. The summed E-state index contributed by atoms with van der Waals surface area (Å²) >= 11 is 1.29. The van der Waals surface area contributed by atoms with Crippen LogP contribution >= 0.6 is 11.8 Å². The fraction of sp³-hybridized carbons (Fsp3) is 0.154. The van der Waals surface area contributed by atoms with Gasteiger partial charge in [0.1, 0.15) is 16.4 Å². The predicted molar refractivity (Wildman–Crippen MR) is 129 cm³/mol. The number of amides is 2. The topological polar surface area (TPSA) is 58.6 Å². The van der Waals surface area contributed by atoms with Crippen LogP contribution in [0.15, 0.2) is 88.3 Å². The number of benzene rings is 3. The summed E-state index contributed by atoms with van der Waals surface area (Å²) in [5.41, 5.74) is 3.76. The van der Waals surface area contributed by atoms with Gasteiger partial charge in [0, 0.05) is 16.6 Å². The number of aryl methyl sites for hydroxylation is 2. The number of imide groups is 1. The molecule has 4 rings (SSSR count). The number of hydrogen-bond donors (Lipinski definition) is 1. The second-order valence-electron chi connectivity index (χ2n) is 7.44. The second-order valence-corrected chi connectivity index (χ2v) is 8.53. The number of hydrogen-bond acceptors (Lipinski definition) is 5. The first kappa shape index (κ1) is 21.7. The van der Waals surface area contributed by atoms with Gasteiger partial charge < -0.3 is 10.1 Å². The van der Waals surface area contributed by atoms with Gasteiger partial charge in [-0.3, -0.25) is 9.59 Å².